The van der Waals surface area contributed by atoms with E-state index in [1.165, 1.54) is 4.57 Å². The maximum absolute atomic E-state index is 15.5. The van der Waals surface area contributed by atoms with Gasteiger partial charge in [0, 0.05) is 24.2 Å². The highest BCUT2D eigenvalue weighted by Gasteiger charge is 2.16. The van der Waals surface area contributed by atoms with Crippen LogP contribution in [0, 0.1) is 5.82 Å². The van der Waals surface area contributed by atoms with Gasteiger partial charge in [-0.05, 0) is 56.2 Å². The lowest BCUT2D eigenvalue weighted by atomic mass is 9.96. The fourth-order valence-electron chi connectivity index (χ4n) is 3.20. The van der Waals surface area contributed by atoms with E-state index in [9.17, 15) is 4.79 Å². The lowest BCUT2D eigenvalue weighted by Gasteiger charge is -2.14. The van der Waals surface area contributed by atoms with Crippen molar-refractivity contribution in [3.8, 4) is 0 Å². The van der Waals surface area contributed by atoms with Crippen LogP contribution in [0.15, 0.2) is 65.1 Å². The SMILES string of the molecule is C/C=C\C(=C(/C)CC)c1ccc2c(cc(Nc3ccccn3)c(=O)n2C)c1F. The van der Waals surface area contributed by atoms with Crippen molar-refractivity contribution in [3.63, 3.8) is 0 Å². The molecule has 0 radical (unpaired) electrons. The normalized spacial score (nSPS) is 12.5. The highest BCUT2D eigenvalue weighted by molar-refractivity contribution is 5.89. The predicted octanol–water partition coefficient (Wildman–Crippen LogP) is 5.58. The van der Waals surface area contributed by atoms with Crippen LogP contribution >= 0.6 is 0 Å². The summed E-state index contributed by atoms with van der Waals surface area (Å²) in [6.45, 7) is 5.98. The first kappa shape index (κ1) is 19.5. The van der Waals surface area contributed by atoms with Crippen LogP contribution in [0.1, 0.15) is 32.8 Å². The summed E-state index contributed by atoms with van der Waals surface area (Å²) in [5.41, 5.74) is 3.11. The fraction of sp³-hybridized carbons (Fsp3) is 0.217. The number of pyridine rings is 2. The molecule has 28 heavy (non-hydrogen) atoms. The second-order valence-corrected chi connectivity index (χ2v) is 6.67. The smallest absolute Gasteiger partial charge is 0.274 e. The van der Waals surface area contributed by atoms with Crippen LogP contribution < -0.4 is 10.9 Å². The van der Waals surface area contributed by atoms with E-state index in [0.29, 0.717) is 22.3 Å². The van der Waals surface area contributed by atoms with Crippen LogP contribution in [0.4, 0.5) is 15.9 Å². The number of rotatable bonds is 5. The lowest BCUT2D eigenvalue weighted by Crippen LogP contribution is -2.20. The molecule has 3 aromatic rings. The number of nitrogens with zero attached hydrogens (tertiary/aromatic N) is 2. The number of benzene rings is 1. The number of halogens is 1. The van der Waals surface area contributed by atoms with E-state index in [4.69, 9.17) is 0 Å². The molecule has 0 saturated heterocycles. The number of aromatic nitrogens is 2. The number of hydrogen-bond donors (Lipinski definition) is 1. The van der Waals surface area contributed by atoms with Crippen LogP contribution in [-0.4, -0.2) is 9.55 Å². The van der Waals surface area contributed by atoms with Crippen molar-refractivity contribution in [1.82, 2.24) is 9.55 Å². The monoisotopic (exact) mass is 377 g/mol. The summed E-state index contributed by atoms with van der Waals surface area (Å²) in [5, 5.41) is 3.40. The van der Waals surface area contributed by atoms with Gasteiger partial charge in [0.25, 0.3) is 5.56 Å². The summed E-state index contributed by atoms with van der Waals surface area (Å²) in [6.07, 6.45) is 6.30. The Bertz CT molecular complexity index is 1130. The summed E-state index contributed by atoms with van der Waals surface area (Å²) in [5.74, 6) is 0.199. The summed E-state index contributed by atoms with van der Waals surface area (Å²) < 4.78 is 17.0. The van der Waals surface area contributed by atoms with E-state index in [2.05, 4.69) is 17.2 Å². The molecule has 0 spiro atoms. The Morgan fingerprint density at radius 2 is 2.07 bits per heavy atom. The van der Waals surface area contributed by atoms with E-state index < -0.39 is 0 Å². The number of aryl methyl sites for hydroxylation is 1. The molecule has 4 nitrogen and oxygen atoms in total. The van der Waals surface area contributed by atoms with Crippen LogP contribution in [0.5, 0.6) is 0 Å². The summed E-state index contributed by atoms with van der Waals surface area (Å²) in [7, 11) is 1.65. The number of allylic oxidation sites excluding steroid dienone is 4. The largest absolute Gasteiger partial charge is 0.336 e. The topological polar surface area (TPSA) is 46.9 Å². The maximum atomic E-state index is 15.5. The van der Waals surface area contributed by atoms with Gasteiger partial charge < -0.3 is 9.88 Å². The van der Waals surface area contributed by atoms with Crippen LogP contribution in [0.25, 0.3) is 16.5 Å². The quantitative estimate of drug-likeness (QED) is 0.591. The third kappa shape index (κ3) is 3.60. The molecule has 3 rings (SSSR count). The highest BCUT2D eigenvalue weighted by Crippen LogP contribution is 2.30. The number of hydrogen-bond acceptors (Lipinski definition) is 3. The molecular formula is C23H24FN3O. The van der Waals surface area contributed by atoms with Crippen molar-refractivity contribution in [3.05, 3.63) is 82.1 Å². The van der Waals surface area contributed by atoms with Crippen molar-refractivity contribution in [2.45, 2.75) is 27.2 Å². The first-order valence-electron chi connectivity index (χ1n) is 9.31. The molecule has 1 aromatic carbocycles. The molecule has 0 bridgehead atoms. The Morgan fingerprint density at radius 1 is 1.29 bits per heavy atom. The van der Waals surface area contributed by atoms with Gasteiger partial charge in [0.2, 0.25) is 0 Å². The third-order valence-electron chi connectivity index (χ3n) is 4.88. The standard InChI is InChI=1S/C23H24FN3O/c1-5-9-16(15(3)6-2)17-11-12-20-18(22(17)24)14-19(23(28)27(20)4)26-21-10-7-8-13-25-21/h5,7-14H,6H2,1-4H3,(H,25,26)/b9-5-,16-15-. The summed E-state index contributed by atoms with van der Waals surface area (Å²) in [6, 6.07) is 10.5. The van der Waals surface area contributed by atoms with Gasteiger partial charge in [-0.15, -0.1) is 0 Å². The third-order valence-corrected chi connectivity index (χ3v) is 4.88. The second kappa shape index (κ2) is 8.21. The Balaban J connectivity index is 2.24. The zero-order valence-corrected chi connectivity index (χ0v) is 16.6. The van der Waals surface area contributed by atoms with Gasteiger partial charge >= 0.3 is 0 Å². The van der Waals surface area contributed by atoms with E-state index in [0.717, 1.165) is 17.6 Å². The molecule has 0 saturated carbocycles. The molecule has 0 aliphatic heterocycles. The van der Waals surface area contributed by atoms with Crippen molar-refractivity contribution >= 4 is 28.0 Å². The predicted molar refractivity (Wildman–Crippen MR) is 114 cm³/mol. The fourth-order valence-corrected chi connectivity index (χ4v) is 3.20. The Hall–Kier alpha value is -3.21. The molecule has 2 aromatic heterocycles. The first-order chi connectivity index (χ1) is 13.5. The van der Waals surface area contributed by atoms with E-state index in [-0.39, 0.29) is 17.1 Å². The minimum absolute atomic E-state index is 0.237. The average molecular weight is 377 g/mol. The zero-order chi connectivity index (χ0) is 20.3. The van der Waals surface area contributed by atoms with Crippen molar-refractivity contribution < 1.29 is 4.39 Å². The van der Waals surface area contributed by atoms with Crippen molar-refractivity contribution in [1.29, 1.82) is 0 Å². The van der Waals surface area contributed by atoms with E-state index in [1.807, 2.05) is 32.1 Å². The van der Waals surface area contributed by atoms with Crippen LogP contribution in [0.2, 0.25) is 0 Å². The average Bonchev–Trinajstić information content (AvgIpc) is 2.71. The van der Waals surface area contributed by atoms with Crippen LogP contribution in [0.3, 0.4) is 0 Å². The van der Waals surface area contributed by atoms with Crippen molar-refractivity contribution in [2.75, 3.05) is 5.32 Å². The second-order valence-electron chi connectivity index (χ2n) is 6.67. The molecule has 0 aliphatic carbocycles. The number of anilines is 2. The molecule has 1 N–H and O–H groups in total. The summed E-state index contributed by atoms with van der Waals surface area (Å²) >= 11 is 0. The Kier molecular flexibility index (Phi) is 5.73. The molecule has 144 valence electrons. The van der Waals surface area contributed by atoms with E-state index >= 15 is 4.39 Å². The molecule has 0 unspecified atom stereocenters. The van der Waals surface area contributed by atoms with Gasteiger partial charge in [0.15, 0.2) is 0 Å². The van der Waals surface area contributed by atoms with Gasteiger partial charge in [0.1, 0.15) is 17.3 Å². The molecule has 0 aliphatic rings. The maximum Gasteiger partial charge on any atom is 0.274 e. The van der Waals surface area contributed by atoms with Gasteiger partial charge in [0.05, 0.1) is 5.52 Å². The first-order valence-corrected chi connectivity index (χ1v) is 9.31. The van der Waals surface area contributed by atoms with Gasteiger partial charge in [-0.1, -0.05) is 30.7 Å². The highest BCUT2D eigenvalue weighted by atomic mass is 19.1. The van der Waals surface area contributed by atoms with Crippen LogP contribution in [-0.2, 0) is 7.05 Å². The molecular weight excluding hydrogens is 353 g/mol. The van der Waals surface area contributed by atoms with Gasteiger partial charge in [-0.2, -0.15) is 0 Å². The molecule has 0 fully saturated rings. The molecule has 0 atom stereocenters. The zero-order valence-electron chi connectivity index (χ0n) is 16.6. The summed E-state index contributed by atoms with van der Waals surface area (Å²) in [4.78, 5) is 16.9. The number of nitrogens with one attached hydrogen (secondary N) is 1. The number of fused-ring (bicyclic) bond motifs is 1. The Morgan fingerprint density at radius 3 is 2.71 bits per heavy atom. The molecule has 2 heterocycles. The van der Waals surface area contributed by atoms with Gasteiger partial charge in [-0.25, -0.2) is 9.37 Å². The van der Waals surface area contributed by atoms with Crippen molar-refractivity contribution in [2.24, 2.45) is 7.05 Å². The molecule has 0 amide bonds. The lowest BCUT2D eigenvalue weighted by molar-refractivity contribution is 0.635. The Labute approximate surface area is 164 Å². The minimum atomic E-state index is -0.335. The minimum Gasteiger partial charge on any atom is -0.336 e. The van der Waals surface area contributed by atoms with E-state index in [1.54, 1.807) is 43.6 Å². The van der Waals surface area contributed by atoms with Gasteiger partial charge in [-0.3, -0.25) is 4.79 Å². The molecule has 5 heteroatoms.